The molecule has 1 N–H and O–H groups in total. The topological polar surface area (TPSA) is 80.5 Å². The zero-order chi connectivity index (χ0) is 26.1. The van der Waals surface area contributed by atoms with Crippen LogP contribution in [0.2, 0.25) is 0 Å². The normalized spacial score (nSPS) is 23.9. The summed E-state index contributed by atoms with van der Waals surface area (Å²) in [6.45, 7) is 7.17. The predicted octanol–water partition coefficient (Wildman–Crippen LogP) is 3.75. The van der Waals surface area contributed by atoms with E-state index < -0.39 is 0 Å². The second-order valence-corrected chi connectivity index (χ2v) is 11.0. The van der Waals surface area contributed by atoms with Gasteiger partial charge in [-0.25, -0.2) is 0 Å². The maximum absolute atomic E-state index is 9.32. The van der Waals surface area contributed by atoms with Crippen molar-refractivity contribution >= 4 is 22.3 Å². The summed E-state index contributed by atoms with van der Waals surface area (Å²) in [6, 6.07) is 18.7. The molecule has 1 unspecified atom stereocenters. The fraction of sp³-hybridized carbons (Fsp3) is 0.500. The number of likely N-dealkylation sites (tertiary alicyclic amines) is 1. The van der Waals surface area contributed by atoms with Crippen molar-refractivity contribution in [2.75, 3.05) is 49.6 Å². The molecule has 3 aromatic rings. The molecule has 6 rings (SSSR count). The molecule has 0 spiro atoms. The van der Waals surface area contributed by atoms with Crippen molar-refractivity contribution < 1.29 is 4.74 Å². The van der Waals surface area contributed by atoms with Crippen molar-refractivity contribution in [1.82, 2.24) is 20.2 Å². The molecule has 2 aromatic carbocycles. The molecule has 8 nitrogen and oxygen atoms in total. The third-order valence-electron chi connectivity index (χ3n) is 8.47. The number of nitrogens with one attached hydrogen (secondary N) is 1. The zero-order valence-electron chi connectivity index (χ0n) is 22.4. The Hall–Kier alpha value is -3.41. The Morgan fingerprint density at radius 3 is 2.84 bits per heavy atom. The van der Waals surface area contributed by atoms with E-state index in [9.17, 15) is 5.26 Å². The van der Waals surface area contributed by atoms with Crippen LogP contribution in [0.4, 0.5) is 11.5 Å². The number of piperazine rings is 1. The van der Waals surface area contributed by atoms with Crippen LogP contribution in [0, 0.1) is 11.3 Å². The second-order valence-electron chi connectivity index (χ2n) is 11.0. The third-order valence-corrected chi connectivity index (χ3v) is 8.47. The van der Waals surface area contributed by atoms with Crippen LogP contribution in [0.5, 0.6) is 6.01 Å². The first-order chi connectivity index (χ1) is 18.6. The molecule has 198 valence electrons. The first kappa shape index (κ1) is 24.9. The van der Waals surface area contributed by atoms with Gasteiger partial charge in [0.15, 0.2) is 0 Å². The summed E-state index contributed by atoms with van der Waals surface area (Å²) in [5.74, 6) is 0.985. The highest BCUT2D eigenvalue weighted by Crippen LogP contribution is 2.35. The van der Waals surface area contributed by atoms with Gasteiger partial charge in [-0.15, -0.1) is 0 Å². The van der Waals surface area contributed by atoms with Gasteiger partial charge in [0.05, 0.1) is 24.7 Å². The monoisotopic (exact) mass is 511 g/mol. The predicted molar refractivity (Wildman–Crippen MR) is 151 cm³/mol. The molecule has 0 saturated carbocycles. The molecule has 4 heterocycles. The van der Waals surface area contributed by atoms with Gasteiger partial charge in [-0.3, -0.25) is 0 Å². The fourth-order valence-electron chi connectivity index (χ4n) is 6.21. The lowest BCUT2D eigenvalue weighted by molar-refractivity contribution is 0.187. The van der Waals surface area contributed by atoms with Crippen LogP contribution in [0.3, 0.4) is 0 Å². The molecular weight excluding hydrogens is 474 g/mol. The lowest BCUT2D eigenvalue weighted by Gasteiger charge is -2.41. The van der Waals surface area contributed by atoms with Gasteiger partial charge in [0, 0.05) is 54.4 Å². The summed E-state index contributed by atoms with van der Waals surface area (Å²) in [6.07, 6.45) is 3.72. The fourth-order valence-corrected chi connectivity index (χ4v) is 6.21. The number of fused-ring (bicyclic) bond motifs is 2. The van der Waals surface area contributed by atoms with Gasteiger partial charge in [0.2, 0.25) is 0 Å². The van der Waals surface area contributed by atoms with Gasteiger partial charge in [-0.05, 0) is 51.2 Å². The van der Waals surface area contributed by atoms with Crippen LogP contribution in [0.1, 0.15) is 37.4 Å². The van der Waals surface area contributed by atoms with Crippen LogP contribution < -0.4 is 19.9 Å². The highest BCUT2D eigenvalue weighted by molar-refractivity contribution is 5.94. The molecule has 8 heteroatoms. The van der Waals surface area contributed by atoms with Crippen molar-refractivity contribution in [3.63, 3.8) is 0 Å². The van der Waals surface area contributed by atoms with E-state index in [1.165, 1.54) is 28.4 Å². The Morgan fingerprint density at radius 1 is 1.13 bits per heavy atom. The number of hydrogen-bond donors (Lipinski definition) is 1. The summed E-state index contributed by atoms with van der Waals surface area (Å²) in [5.41, 5.74) is 3.51. The lowest BCUT2D eigenvalue weighted by Crippen LogP contribution is -2.56. The molecule has 38 heavy (non-hydrogen) atoms. The number of ether oxygens (including phenoxy) is 1. The average molecular weight is 512 g/mol. The third kappa shape index (κ3) is 4.89. The SMILES string of the molecule is C[C@H]1CN[C@@H](CC#N)CN1c1nc(OCC2CCCN2C)nc2c1CCN(c1cccc3ccccc13)C2. The van der Waals surface area contributed by atoms with E-state index in [4.69, 9.17) is 14.7 Å². The van der Waals surface area contributed by atoms with Gasteiger partial charge in [-0.1, -0.05) is 36.4 Å². The molecule has 0 bridgehead atoms. The first-order valence-corrected chi connectivity index (χ1v) is 13.9. The Labute approximate surface area is 225 Å². The lowest BCUT2D eigenvalue weighted by atomic mass is 10.0. The van der Waals surface area contributed by atoms with E-state index in [2.05, 4.69) is 82.5 Å². The molecule has 3 aliphatic rings. The van der Waals surface area contributed by atoms with E-state index in [-0.39, 0.29) is 12.1 Å². The molecule has 2 fully saturated rings. The number of rotatable bonds is 6. The average Bonchev–Trinajstić information content (AvgIpc) is 3.36. The minimum Gasteiger partial charge on any atom is -0.462 e. The molecule has 0 amide bonds. The van der Waals surface area contributed by atoms with E-state index in [0.29, 0.717) is 25.1 Å². The number of nitrogens with zero attached hydrogens (tertiary/aromatic N) is 6. The summed E-state index contributed by atoms with van der Waals surface area (Å²) < 4.78 is 6.30. The number of likely N-dealkylation sites (N-methyl/N-ethyl adjacent to an activating group) is 1. The van der Waals surface area contributed by atoms with Gasteiger partial charge < -0.3 is 24.8 Å². The second kappa shape index (κ2) is 10.8. The molecule has 3 atom stereocenters. The van der Waals surface area contributed by atoms with E-state index in [1.54, 1.807) is 0 Å². The summed E-state index contributed by atoms with van der Waals surface area (Å²) in [7, 11) is 2.17. The first-order valence-electron chi connectivity index (χ1n) is 13.9. The summed E-state index contributed by atoms with van der Waals surface area (Å²) in [5, 5.41) is 15.4. The molecule has 2 saturated heterocycles. The Kier molecular flexibility index (Phi) is 7.05. The Balaban J connectivity index is 1.34. The highest BCUT2D eigenvalue weighted by Gasteiger charge is 2.32. The van der Waals surface area contributed by atoms with Crippen molar-refractivity contribution in [2.45, 2.75) is 57.3 Å². The van der Waals surface area contributed by atoms with Gasteiger partial charge in [0.25, 0.3) is 0 Å². The van der Waals surface area contributed by atoms with Crippen LogP contribution in [0.25, 0.3) is 10.8 Å². The quantitative estimate of drug-likeness (QED) is 0.536. The van der Waals surface area contributed by atoms with Crippen LogP contribution in [-0.2, 0) is 13.0 Å². The number of nitriles is 1. The number of benzene rings is 2. The zero-order valence-corrected chi connectivity index (χ0v) is 22.4. The van der Waals surface area contributed by atoms with E-state index in [1.807, 2.05) is 0 Å². The molecule has 0 aliphatic carbocycles. The number of hydrogen-bond acceptors (Lipinski definition) is 8. The van der Waals surface area contributed by atoms with Crippen molar-refractivity contribution in [2.24, 2.45) is 0 Å². The molecule has 0 radical (unpaired) electrons. The van der Waals surface area contributed by atoms with Crippen LogP contribution in [-0.4, -0.2) is 72.8 Å². The molecule has 3 aliphatic heterocycles. The maximum Gasteiger partial charge on any atom is 0.318 e. The van der Waals surface area contributed by atoms with Crippen molar-refractivity contribution in [1.29, 1.82) is 5.26 Å². The molecule has 1 aromatic heterocycles. The molecular formula is C30H37N7O. The minimum absolute atomic E-state index is 0.133. The van der Waals surface area contributed by atoms with Gasteiger partial charge >= 0.3 is 6.01 Å². The van der Waals surface area contributed by atoms with Gasteiger partial charge in [-0.2, -0.15) is 15.2 Å². The van der Waals surface area contributed by atoms with E-state index in [0.717, 1.165) is 57.1 Å². The van der Waals surface area contributed by atoms with Crippen molar-refractivity contribution in [3.05, 3.63) is 53.7 Å². The maximum atomic E-state index is 9.32. The van der Waals surface area contributed by atoms with Crippen molar-refractivity contribution in [3.8, 4) is 12.1 Å². The Morgan fingerprint density at radius 2 is 2.00 bits per heavy atom. The van der Waals surface area contributed by atoms with Crippen LogP contribution >= 0.6 is 0 Å². The highest BCUT2D eigenvalue weighted by atomic mass is 16.5. The summed E-state index contributed by atoms with van der Waals surface area (Å²) in [4.78, 5) is 17.2. The summed E-state index contributed by atoms with van der Waals surface area (Å²) >= 11 is 0. The largest absolute Gasteiger partial charge is 0.462 e. The standard InChI is InChI=1S/C30H37N7O/c1-21-17-32-23(12-14-31)18-37(21)29-26-13-16-36(28-11-5-8-22-7-3-4-10-25(22)28)19-27(26)33-30(34-29)38-20-24-9-6-15-35(24)2/h3-5,7-8,10-11,21,23-24,32H,6,9,12-13,15-20H2,1-2H3/t21-,23-,24?/m0/s1. The number of anilines is 2. The van der Waals surface area contributed by atoms with E-state index >= 15 is 0 Å². The Bertz CT molecular complexity index is 1330. The van der Waals surface area contributed by atoms with Crippen LogP contribution in [0.15, 0.2) is 42.5 Å². The smallest absolute Gasteiger partial charge is 0.318 e. The minimum atomic E-state index is 0.133. The number of aromatic nitrogens is 2. The van der Waals surface area contributed by atoms with Gasteiger partial charge in [0.1, 0.15) is 12.4 Å².